The van der Waals surface area contributed by atoms with Crippen molar-refractivity contribution < 1.29 is 28.3 Å². The first-order chi connectivity index (χ1) is 9.74. The van der Waals surface area contributed by atoms with E-state index in [1.165, 1.54) is 11.0 Å². The minimum atomic E-state index is -4.86. The molecule has 1 aliphatic rings. The third-order valence-corrected chi connectivity index (χ3v) is 3.42. The van der Waals surface area contributed by atoms with Crippen molar-refractivity contribution in [3.8, 4) is 0 Å². The first-order valence-electron chi connectivity index (χ1n) is 6.15. The lowest BCUT2D eigenvalue weighted by molar-refractivity contribution is -0.388. The van der Waals surface area contributed by atoms with Gasteiger partial charge < -0.3 is 15.1 Å². The van der Waals surface area contributed by atoms with Gasteiger partial charge in [-0.1, -0.05) is 0 Å². The molecular weight excluding hydrogens is 293 g/mol. The molecule has 1 fully saturated rings. The average molecular weight is 306 g/mol. The molecule has 2 atom stereocenters. The number of rotatable bonds is 3. The highest BCUT2D eigenvalue weighted by atomic mass is 19.4. The number of nitro benzene ring substituents is 1. The predicted octanol–water partition coefficient (Wildman–Crippen LogP) is 1.55. The van der Waals surface area contributed by atoms with Gasteiger partial charge in [0.05, 0.1) is 23.7 Å². The van der Waals surface area contributed by atoms with E-state index in [2.05, 4.69) is 0 Å². The number of hydrogen-bond donors (Lipinski definition) is 2. The number of hydrogen-bond acceptors (Lipinski definition) is 5. The van der Waals surface area contributed by atoms with E-state index >= 15 is 0 Å². The van der Waals surface area contributed by atoms with Gasteiger partial charge in [0, 0.05) is 18.3 Å². The molecule has 0 amide bonds. The van der Waals surface area contributed by atoms with Crippen LogP contribution in [0.25, 0.3) is 0 Å². The lowest BCUT2D eigenvalue weighted by atomic mass is 10.1. The van der Waals surface area contributed by atoms with E-state index in [4.69, 9.17) is 0 Å². The summed E-state index contributed by atoms with van der Waals surface area (Å²) in [6.45, 7) is -0.254. The van der Waals surface area contributed by atoms with Crippen LogP contribution in [0.4, 0.5) is 24.5 Å². The van der Waals surface area contributed by atoms with Gasteiger partial charge in [0.1, 0.15) is 5.56 Å². The van der Waals surface area contributed by atoms with Crippen LogP contribution in [0.5, 0.6) is 0 Å². The van der Waals surface area contributed by atoms with Crippen molar-refractivity contribution in [3.63, 3.8) is 0 Å². The molecule has 0 spiro atoms. The number of nitro groups is 1. The molecule has 1 saturated heterocycles. The maximum absolute atomic E-state index is 12.9. The van der Waals surface area contributed by atoms with E-state index < -0.39 is 34.5 Å². The molecule has 1 heterocycles. The van der Waals surface area contributed by atoms with Crippen molar-refractivity contribution in [1.82, 2.24) is 0 Å². The Morgan fingerprint density at radius 3 is 2.62 bits per heavy atom. The number of aliphatic hydroxyl groups is 2. The van der Waals surface area contributed by atoms with Crippen LogP contribution in [-0.2, 0) is 6.18 Å². The summed E-state index contributed by atoms with van der Waals surface area (Å²) >= 11 is 0. The lowest BCUT2D eigenvalue weighted by Crippen LogP contribution is -2.32. The highest BCUT2D eigenvalue weighted by Gasteiger charge is 2.40. The average Bonchev–Trinajstić information content (AvgIpc) is 2.78. The Kier molecular flexibility index (Phi) is 4.06. The van der Waals surface area contributed by atoms with Gasteiger partial charge >= 0.3 is 6.18 Å². The summed E-state index contributed by atoms with van der Waals surface area (Å²) in [5.41, 5.74) is -2.28. The molecule has 0 bridgehead atoms. The van der Waals surface area contributed by atoms with Crippen LogP contribution in [-0.4, -0.2) is 40.4 Å². The van der Waals surface area contributed by atoms with Crippen molar-refractivity contribution in [3.05, 3.63) is 33.9 Å². The van der Waals surface area contributed by atoms with Crippen molar-refractivity contribution in [2.24, 2.45) is 0 Å². The zero-order chi connectivity index (χ0) is 15.8. The van der Waals surface area contributed by atoms with E-state index in [9.17, 15) is 33.5 Å². The zero-order valence-electron chi connectivity index (χ0n) is 10.7. The topological polar surface area (TPSA) is 86.8 Å². The van der Waals surface area contributed by atoms with Gasteiger partial charge in [-0.25, -0.2) is 0 Å². The summed E-state index contributed by atoms with van der Waals surface area (Å²) in [5.74, 6) is 0. The Balaban J connectivity index is 2.45. The van der Waals surface area contributed by atoms with Crippen LogP contribution in [0.15, 0.2) is 18.2 Å². The minimum Gasteiger partial charge on any atom is -0.394 e. The van der Waals surface area contributed by atoms with Gasteiger partial charge in [0.15, 0.2) is 0 Å². The first-order valence-corrected chi connectivity index (χ1v) is 6.15. The molecule has 116 valence electrons. The van der Waals surface area contributed by atoms with Crippen molar-refractivity contribution in [2.75, 3.05) is 18.1 Å². The first kappa shape index (κ1) is 15.5. The summed E-state index contributed by atoms with van der Waals surface area (Å²) in [7, 11) is 0. The molecule has 6 nitrogen and oxygen atoms in total. The molecule has 0 unspecified atom stereocenters. The van der Waals surface area contributed by atoms with Crippen molar-refractivity contribution in [1.29, 1.82) is 0 Å². The summed E-state index contributed by atoms with van der Waals surface area (Å²) in [5, 5.41) is 29.4. The van der Waals surface area contributed by atoms with Crippen molar-refractivity contribution >= 4 is 11.4 Å². The molecule has 1 aromatic carbocycles. The molecule has 0 aromatic heterocycles. The molecule has 9 heteroatoms. The fourth-order valence-electron chi connectivity index (χ4n) is 2.47. The second-order valence-electron chi connectivity index (χ2n) is 4.83. The molecule has 0 aliphatic carbocycles. The van der Waals surface area contributed by atoms with E-state index in [-0.39, 0.29) is 25.3 Å². The largest absolute Gasteiger partial charge is 0.423 e. The molecule has 0 saturated carbocycles. The van der Waals surface area contributed by atoms with Crippen LogP contribution in [0.1, 0.15) is 12.0 Å². The lowest BCUT2D eigenvalue weighted by Gasteiger charge is -2.25. The van der Waals surface area contributed by atoms with Crippen LogP contribution in [0, 0.1) is 10.1 Å². The highest BCUT2D eigenvalue weighted by Crippen LogP contribution is 2.39. The van der Waals surface area contributed by atoms with Crippen LogP contribution in [0.3, 0.4) is 0 Å². The van der Waals surface area contributed by atoms with Gasteiger partial charge in [0.25, 0.3) is 5.69 Å². The molecule has 21 heavy (non-hydrogen) atoms. The quantitative estimate of drug-likeness (QED) is 0.653. The second kappa shape index (κ2) is 5.49. The zero-order valence-corrected chi connectivity index (χ0v) is 10.7. The second-order valence-corrected chi connectivity index (χ2v) is 4.83. The maximum Gasteiger partial charge on any atom is 0.423 e. The Hall–Kier alpha value is -1.87. The van der Waals surface area contributed by atoms with Crippen LogP contribution in [0.2, 0.25) is 0 Å². The van der Waals surface area contributed by atoms with Crippen LogP contribution < -0.4 is 4.90 Å². The summed E-state index contributed by atoms with van der Waals surface area (Å²) in [6.07, 6.45) is -5.38. The number of alkyl halides is 3. The number of aliphatic hydroxyl groups excluding tert-OH is 2. The normalized spacial score (nSPS) is 22.6. The van der Waals surface area contributed by atoms with E-state index in [0.717, 1.165) is 6.07 Å². The number of anilines is 1. The van der Waals surface area contributed by atoms with Crippen LogP contribution >= 0.6 is 0 Å². The van der Waals surface area contributed by atoms with Gasteiger partial charge in [-0.2, -0.15) is 13.2 Å². The smallest absolute Gasteiger partial charge is 0.394 e. The minimum absolute atomic E-state index is 0.0698. The Bertz CT molecular complexity index is 550. The summed E-state index contributed by atoms with van der Waals surface area (Å²) < 4.78 is 38.7. The number of halogens is 3. The molecule has 0 radical (unpaired) electrons. The third-order valence-electron chi connectivity index (χ3n) is 3.42. The fraction of sp³-hybridized carbons (Fsp3) is 0.500. The SMILES string of the molecule is O=[N+]([O-])c1ccc(N2C[C@H](O)C[C@@H]2CO)cc1C(F)(F)F. The predicted molar refractivity (Wildman–Crippen MR) is 66.9 cm³/mol. The number of nitrogens with zero attached hydrogens (tertiary/aromatic N) is 2. The molecule has 1 aliphatic heterocycles. The molecule has 2 N–H and O–H groups in total. The summed E-state index contributed by atoms with van der Waals surface area (Å²) in [6, 6.07) is 2.15. The Morgan fingerprint density at radius 1 is 1.43 bits per heavy atom. The number of β-amino-alcohol motifs (C(OH)–C–C–N with tert-alkyl or cyclic N) is 1. The number of benzene rings is 1. The van der Waals surface area contributed by atoms with Gasteiger partial charge in [-0.3, -0.25) is 10.1 Å². The van der Waals surface area contributed by atoms with E-state index in [1.54, 1.807) is 0 Å². The van der Waals surface area contributed by atoms with E-state index in [1.807, 2.05) is 0 Å². The van der Waals surface area contributed by atoms with E-state index in [0.29, 0.717) is 6.07 Å². The maximum atomic E-state index is 12.9. The van der Waals surface area contributed by atoms with Gasteiger partial charge in [-0.15, -0.1) is 0 Å². The Morgan fingerprint density at radius 2 is 2.10 bits per heavy atom. The monoisotopic (exact) mass is 306 g/mol. The Labute approximate surface area is 117 Å². The molecule has 2 rings (SSSR count). The fourth-order valence-corrected chi connectivity index (χ4v) is 2.47. The molecule has 1 aromatic rings. The van der Waals surface area contributed by atoms with Gasteiger partial charge in [0.2, 0.25) is 0 Å². The molecular formula is C12H13F3N2O4. The highest BCUT2D eigenvalue weighted by molar-refractivity contribution is 5.58. The third kappa shape index (κ3) is 3.08. The van der Waals surface area contributed by atoms with Crippen molar-refractivity contribution in [2.45, 2.75) is 24.7 Å². The standard InChI is InChI=1S/C12H13F3N2O4/c13-12(14,15)10-4-7(1-2-11(10)17(20)21)16-5-9(19)3-8(16)6-18/h1-2,4,8-9,18-19H,3,5-6H2/t8-,9-/m1/s1. The summed E-state index contributed by atoms with van der Waals surface area (Å²) in [4.78, 5) is 11.0. The van der Waals surface area contributed by atoms with Gasteiger partial charge in [-0.05, 0) is 18.6 Å².